The molecular formula is C19H25NO4S2. The first-order chi connectivity index (χ1) is 12.4. The van der Waals surface area contributed by atoms with Crippen molar-refractivity contribution in [2.24, 2.45) is 0 Å². The molecule has 1 amide bonds. The Hall–Kier alpha value is -1.47. The van der Waals surface area contributed by atoms with E-state index in [0.717, 1.165) is 5.75 Å². The van der Waals surface area contributed by atoms with Gasteiger partial charge in [-0.3, -0.25) is 9.59 Å². The summed E-state index contributed by atoms with van der Waals surface area (Å²) in [6.45, 7) is 3.88. The molecule has 26 heavy (non-hydrogen) atoms. The van der Waals surface area contributed by atoms with Gasteiger partial charge in [-0.15, -0.1) is 0 Å². The maximum absolute atomic E-state index is 12.7. The van der Waals surface area contributed by atoms with Crippen LogP contribution in [0.25, 0.3) is 0 Å². The third-order valence-electron chi connectivity index (χ3n) is 4.39. The molecule has 142 valence electrons. The summed E-state index contributed by atoms with van der Waals surface area (Å²) in [4.78, 5) is 37.1. The average molecular weight is 396 g/mol. The van der Waals surface area contributed by atoms with E-state index >= 15 is 0 Å². The average Bonchev–Trinajstić information content (AvgIpc) is 3.04. The molecule has 0 saturated carbocycles. The van der Waals surface area contributed by atoms with Crippen LogP contribution in [0.5, 0.6) is 0 Å². The van der Waals surface area contributed by atoms with Crippen LogP contribution in [0.1, 0.15) is 38.7 Å². The summed E-state index contributed by atoms with van der Waals surface area (Å²) in [7, 11) is 0. The molecule has 7 heteroatoms. The van der Waals surface area contributed by atoms with Crippen molar-refractivity contribution in [1.82, 2.24) is 4.90 Å². The van der Waals surface area contributed by atoms with Gasteiger partial charge < -0.3 is 10.0 Å². The van der Waals surface area contributed by atoms with Crippen LogP contribution < -0.4 is 0 Å². The molecule has 0 radical (unpaired) electrons. The second-order valence-corrected chi connectivity index (χ2v) is 9.16. The summed E-state index contributed by atoms with van der Waals surface area (Å²) < 4.78 is 0. The van der Waals surface area contributed by atoms with Crippen LogP contribution in [0.4, 0.5) is 0 Å². The van der Waals surface area contributed by atoms with Gasteiger partial charge in [0.25, 0.3) is 0 Å². The minimum Gasteiger partial charge on any atom is -0.480 e. The molecule has 0 aliphatic carbocycles. The fraction of sp³-hybridized carbons (Fsp3) is 0.526. The molecule has 2 unspecified atom stereocenters. The van der Waals surface area contributed by atoms with Gasteiger partial charge >= 0.3 is 5.97 Å². The molecule has 1 aromatic rings. The van der Waals surface area contributed by atoms with Crippen molar-refractivity contribution in [2.75, 3.05) is 6.54 Å². The number of rotatable bonds is 8. The normalized spacial score (nSPS) is 20.8. The van der Waals surface area contributed by atoms with Crippen molar-refractivity contribution in [3.05, 3.63) is 35.9 Å². The molecule has 1 aliphatic rings. The fourth-order valence-electron chi connectivity index (χ4n) is 3.03. The zero-order chi connectivity index (χ0) is 19.1. The molecule has 0 spiro atoms. The minimum absolute atomic E-state index is 0.0165. The number of carboxylic acids is 1. The third kappa shape index (κ3) is 6.06. The molecule has 1 fully saturated rings. The molecule has 3 atom stereocenters. The van der Waals surface area contributed by atoms with Crippen LogP contribution in [0.3, 0.4) is 0 Å². The standard InChI is InChI=1S/C19H25NO4S2/c1-3-15(26-13(2)21)10-18(22)20-11-16(9-17(20)19(23)24)25-12-14-7-5-4-6-8-14/h4-8,15-17H,3,9-12H2,1-2H3,(H,23,24)/t15?,16?,17-/m0/s1. The highest BCUT2D eigenvalue weighted by Gasteiger charge is 2.40. The Labute approximate surface area is 162 Å². The molecule has 1 saturated heterocycles. The number of benzene rings is 1. The van der Waals surface area contributed by atoms with E-state index in [0.29, 0.717) is 19.4 Å². The molecule has 1 aliphatic heterocycles. The van der Waals surface area contributed by atoms with Crippen molar-refractivity contribution in [3.63, 3.8) is 0 Å². The van der Waals surface area contributed by atoms with Gasteiger partial charge in [0.1, 0.15) is 6.04 Å². The second-order valence-electron chi connectivity index (χ2n) is 6.40. The first-order valence-corrected chi connectivity index (χ1v) is 10.7. The van der Waals surface area contributed by atoms with E-state index in [1.165, 1.54) is 29.1 Å². The monoisotopic (exact) mass is 395 g/mol. The second kappa shape index (κ2) is 10.0. The van der Waals surface area contributed by atoms with Crippen LogP contribution in [-0.2, 0) is 20.1 Å². The lowest BCUT2D eigenvalue weighted by Gasteiger charge is -2.23. The van der Waals surface area contributed by atoms with Gasteiger partial charge in [0.15, 0.2) is 5.12 Å². The Bertz CT molecular complexity index is 638. The van der Waals surface area contributed by atoms with Gasteiger partial charge in [-0.25, -0.2) is 4.79 Å². The Kier molecular flexibility index (Phi) is 8.03. The van der Waals surface area contributed by atoms with E-state index in [1.807, 2.05) is 37.3 Å². The molecule has 2 rings (SSSR count). The summed E-state index contributed by atoms with van der Waals surface area (Å²) >= 11 is 2.86. The zero-order valence-corrected chi connectivity index (χ0v) is 16.7. The van der Waals surface area contributed by atoms with Crippen molar-refractivity contribution in [1.29, 1.82) is 0 Å². The molecular weight excluding hydrogens is 370 g/mol. The number of carboxylic acid groups (broad SMARTS) is 1. The number of amides is 1. The van der Waals surface area contributed by atoms with E-state index in [1.54, 1.807) is 11.8 Å². The molecule has 0 bridgehead atoms. The summed E-state index contributed by atoms with van der Waals surface area (Å²) in [5, 5.41) is 9.51. The quantitative estimate of drug-likeness (QED) is 0.727. The number of hydrogen-bond acceptors (Lipinski definition) is 5. The van der Waals surface area contributed by atoms with Crippen molar-refractivity contribution < 1.29 is 19.5 Å². The number of thioether (sulfide) groups is 2. The predicted octanol–water partition coefficient (Wildman–Crippen LogP) is 3.42. The smallest absolute Gasteiger partial charge is 0.326 e. The number of hydrogen-bond donors (Lipinski definition) is 1. The highest BCUT2D eigenvalue weighted by Crippen LogP contribution is 2.31. The minimum atomic E-state index is -0.951. The summed E-state index contributed by atoms with van der Waals surface area (Å²) in [6.07, 6.45) is 1.38. The number of aliphatic carboxylic acids is 1. The van der Waals surface area contributed by atoms with E-state index < -0.39 is 12.0 Å². The molecule has 1 heterocycles. The van der Waals surface area contributed by atoms with Gasteiger partial charge in [-0.05, 0) is 18.4 Å². The summed E-state index contributed by atoms with van der Waals surface area (Å²) in [5.74, 6) is -0.313. The van der Waals surface area contributed by atoms with Gasteiger partial charge in [0, 0.05) is 36.1 Å². The van der Waals surface area contributed by atoms with Gasteiger partial charge in [-0.2, -0.15) is 11.8 Å². The number of likely N-dealkylation sites (tertiary alicyclic amines) is 1. The van der Waals surface area contributed by atoms with Crippen LogP contribution >= 0.6 is 23.5 Å². The number of carbonyl (C=O) groups excluding carboxylic acids is 2. The maximum Gasteiger partial charge on any atom is 0.326 e. The first-order valence-electron chi connectivity index (χ1n) is 8.75. The molecule has 5 nitrogen and oxygen atoms in total. The summed E-state index contributed by atoms with van der Waals surface area (Å²) in [6, 6.07) is 9.26. The third-order valence-corrected chi connectivity index (χ3v) is 6.87. The van der Waals surface area contributed by atoms with E-state index in [4.69, 9.17) is 0 Å². The Morgan fingerprint density at radius 2 is 1.96 bits per heavy atom. The lowest BCUT2D eigenvalue weighted by molar-refractivity contribution is -0.148. The Balaban J connectivity index is 1.96. The SMILES string of the molecule is CCC(CC(=O)N1CC(SCc2ccccc2)C[C@H]1C(=O)O)SC(C)=O. The van der Waals surface area contributed by atoms with Crippen LogP contribution in [0.15, 0.2) is 30.3 Å². The maximum atomic E-state index is 12.7. The predicted molar refractivity (Wildman–Crippen MR) is 106 cm³/mol. The van der Waals surface area contributed by atoms with Crippen LogP contribution in [0.2, 0.25) is 0 Å². The van der Waals surface area contributed by atoms with Gasteiger partial charge in [-0.1, -0.05) is 49.0 Å². The van der Waals surface area contributed by atoms with E-state index in [-0.39, 0.29) is 27.9 Å². The molecule has 1 aromatic carbocycles. The van der Waals surface area contributed by atoms with Gasteiger partial charge in [0.05, 0.1) is 0 Å². The first kappa shape index (κ1) is 20.8. The topological polar surface area (TPSA) is 74.7 Å². The highest BCUT2D eigenvalue weighted by molar-refractivity contribution is 8.14. The fourth-order valence-corrected chi connectivity index (χ4v) is 5.10. The molecule has 1 N–H and O–H groups in total. The van der Waals surface area contributed by atoms with Crippen molar-refractivity contribution in [2.45, 2.75) is 55.4 Å². The Morgan fingerprint density at radius 3 is 2.54 bits per heavy atom. The lowest BCUT2D eigenvalue weighted by Crippen LogP contribution is -2.41. The van der Waals surface area contributed by atoms with E-state index in [2.05, 4.69) is 0 Å². The highest BCUT2D eigenvalue weighted by atomic mass is 32.2. The van der Waals surface area contributed by atoms with Gasteiger partial charge in [0.2, 0.25) is 5.91 Å². The largest absolute Gasteiger partial charge is 0.480 e. The Morgan fingerprint density at radius 1 is 1.27 bits per heavy atom. The van der Waals surface area contributed by atoms with Crippen LogP contribution in [-0.4, -0.2) is 50.1 Å². The van der Waals surface area contributed by atoms with Crippen molar-refractivity contribution >= 4 is 40.5 Å². The van der Waals surface area contributed by atoms with Crippen LogP contribution in [0, 0.1) is 0 Å². The summed E-state index contributed by atoms with van der Waals surface area (Å²) in [5.41, 5.74) is 1.19. The lowest BCUT2D eigenvalue weighted by atomic mass is 10.2. The number of nitrogens with zero attached hydrogens (tertiary/aromatic N) is 1. The van der Waals surface area contributed by atoms with E-state index in [9.17, 15) is 19.5 Å². The zero-order valence-electron chi connectivity index (χ0n) is 15.1. The molecule has 0 aromatic heterocycles. The van der Waals surface area contributed by atoms with Crippen molar-refractivity contribution in [3.8, 4) is 0 Å². The number of carbonyl (C=O) groups is 3.